The molecule has 0 aliphatic carbocycles. The van der Waals surface area contributed by atoms with Gasteiger partial charge in [0.05, 0.1) is 16.7 Å². The fourth-order valence-electron chi connectivity index (χ4n) is 3.27. The minimum atomic E-state index is -1.06. The van der Waals surface area contributed by atoms with E-state index in [0.29, 0.717) is 22.4 Å². The molecule has 4 rings (SSSR count). The maximum absolute atomic E-state index is 13.0. The number of benzene rings is 3. The molecule has 0 aliphatic rings. The molecule has 8 heteroatoms. The average Bonchev–Trinajstić information content (AvgIpc) is 3.27. The lowest BCUT2D eigenvalue weighted by Gasteiger charge is -2.17. The van der Waals surface area contributed by atoms with Gasteiger partial charge in [0.2, 0.25) is 5.89 Å². The number of nitrogens with one attached hydrogen (secondary N) is 1. The predicted molar refractivity (Wildman–Crippen MR) is 121 cm³/mol. The Morgan fingerprint density at radius 1 is 1.00 bits per heavy atom. The zero-order chi connectivity index (χ0) is 23.4. The Morgan fingerprint density at radius 2 is 1.70 bits per heavy atom. The number of carbonyl (C=O) groups is 3. The van der Waals surface area contributed by atoms with Crippen LogP contribution >= 0.6 is 0 Å². The molecule has 1 aromatic heterocycles. The van der Waals surface area contributed by atoms with Gasteiger partial charge in [-0.1, -0.05) is 31.2 Å². The van der Waals surface area contributed by atoms with Crippen LogP contribution < -0.4 is 5.32 Å². The summed E-state index contributed by atoms with van der Waals surface area (Å²) in [5, 5.41) is 11.6. The van der Waals surface area contributed by atoms with Gasteiger partial charge < -0.3 is 19.6 Å². The third-order valence-electron chi connectivity index (χ3n) is 4.98. The van der Waals surface area contributed by atoms with Crippen molar-refractivity contribution < 1.29 is 28.6 Å². The second-order valence-corrected chi connectivity index (χ2v) is 7.21. The molecule has 0 saturated carbocycles. The number of aromatic carboxylic acids is 1. The van der Waals surface area contributed by atoms with Crippen LogP contribution in [0.1, 0.15) is 34.1 Å². The van der Waals surface area contributed by atoms with Gasteiger partial charge in [0.25, 0.3) is 5.91 Å². The molecule has 8 nitrogen and oxygen atoms in total. The van der Waals surface area contributed by atoms with E-state index >= 15 is 0 Å². The summed E-state index contributed by atoms with van der Waals surface area (Å²) in [4.78, 5) is 41.0. The molecule has 0 aliphatic heterocycles. The quantitative estimate of drug-likeness (QED) is 0.394. The Kier molecular flexibility index (Phi) is 6.17. The van der Waals surface area contributed by atoms with Crippen LogP contribution in [-0.2, 0) is 9.53 Å². The Hall–Kier alpha value is -4.46. The first-order valence-electron chi connectivity index (χ1n) is 10.3. The first kappa shape index (κ1) is 21.8. The molecule has 1 amide bonds. The van der Waals surface area contributed by atoms with Crippen LogP contribution in [0.3, 0.4) is 0 Å². The molecule has 0 spiro atoms. The number of hydrogen-bond acceptors (Lipinski definition) is 6. The smallest absolute Gasteiger partial charge is 0.339 e. The van der Waals surface area contributed by atoms with Gasteiger partial charge in [0.15, 0.2) is 11.7 Å². The third kappa shape index (κ3) is 4.74. The number of amides is 1. The molecule has 0 radical (unpaired) electrons. The molecule has 3 aromatic carbocycles. The molecule has 33 heavy (non-hydrogen) atoms. The van der Waals surface area contributed by atoms with Crippen LogP contribution in [0.2, 0.25) is 0 Å². The number of esters is 1. The van der Waals surface area contributed by atoms with Crippen molar-refractivity contribution in [2.45, 2.75) is 19.4 Å². The number of carbonyl (C=O) groups excluding carboxylic acids is 2. The van der Waals surface area contributed by atoms with E-state index in [1.54, 1.807) is 37.3 Å². The summed E-state index contributed by atoms with van der Waals surface area (Å²) in [7, 11) is 0. The molecule has 0 fully saturated rings. The van der Waals surface area contributed by atoms with Crippen LogP contribution in [0.15, 0.2) is 77.2 Å². The highest BCUT2D eigenvalue weighted by molar-refractivity contribution is 6.00. The van der Waals surface area contributed by atoms with E-state index < -0.39 is 23.9 Å². The first-order valence-corrected chi connectivity index (χ1v) is 10.3. The molecule has 1 atom stereocenters. The predicted octanol–water partition coefficient (Wildman–Crippen LogP) is 4.77. The number of aromatic nitrogens is 1. The Bertz CT molecular complexity index is 1290. The van der Waals surface area contributed by atoms with Crippen LogP contribution in [0.4, 0.5) is 5.69 Å². The van der Waals surface area contributed by atoms with E-state index in [0.717, 1.165) is 0 Å². The number of rotatable bonds is 7. The number of carboxylic acids is 1. The fraction of sp³-hybridized carbons (Fsp3) is 0.120. The Balaban J connectivity index is 1.52. The number of ether oxygens (including phenoxy) is 1. The minimum Gasteiger partial charge on any atom is -0.478 e. The molecule has 4 aromatic rings. The van der Waals surface area contributed by atoms with Gasteiger partial charge in [-0.05, 0) is 55.0 Å². The molecule has 2 N–H and O–H groups in total. The summed E-state index contributed by atoms with van der Waals surface area (Å²) in [6.45, 7) is 1.72. The van der Waals surface area contributed by atoms with Crippen molar-refractivity contribution in [3.8, 4) is 11.5 Å². The normalized spacial score (nSPS) is 11.7. The SMILES string of the molecule is CCC(OC(=O)c1ccccc1-c1nc2ccccc2o1)C(=O)Nc1ccc(C(=O)O)cc1. The van der Waals surface area contributed by atoms with E-state index in [-0.39, 0.29) is 23.4 Å². The Labute approximate surface area is 188 Å². The lowest BCUT2D eigenvalue weighted by atomic mass is 10.1. The van der Waals surface area contributed by atoms with Crippen molar-refractivity contribution in [2.75, 3.05) is 5.32 Å². The first-order chi connectivity index (χ1) is 16.0. The van der Waals surface area contributed by atoms with Crippen molar-refractivity contribution in [3.05, 3.63) is 83.9 Å². The summed E-state index contributed by atoms with van der Waals surface area (Å²) in [6.07, 6.45) is -0.802. The summed E-state index contributed by atoms with van der Waals surface area (Å²) in [5.41, 5.74) is 2.43. The second-order valence-electron chi connectivity index (χ2n) is 7.21. The van der Waals surface area contributed by atoms with E-state index in [4.69, 9.17) is 14.3 Å². The number of para-hydroxylation sites is 2. The number of nitrogens with zero attached hydrogens (tertiary/aromatic N) is 1. The molecular formula is C25H20N2O6. The van der Waals surface area contributed by atoms with Gasteiger partial charge in [0, 0.05) is 5.69 Å². The van der Waals surface area contributed by atoms with Crippen molar-refractivity contribution >= 4 is 34.6 Å². The number of carboxylic acid groups (broad SMARTS) is 1. The maximum atomic E-state index is 13.0. The number of hydrogen-bond donors (Lipinski definition) is 2. The van der Waals surface area contributed by atoms with Crippen LogP contribution in [0.5, 0.6) is 0 Å². The zero-order valence-corrected chi connectivity index (χ0v) is 17.6. The molecule has 1 heterocycles. The lowest BCUT2D eigenvalue weighted by molar-refractivity contribution is -0.124. The molecule has 166 valence electrons. The largest absolute Gasteiger partial charge is 0.478 e. The summed E-state index contributed by atoms with van der Waals surface area (Å²) in [5.74, 6) is -1.99. The highest BCUT2D eigenvalue weighted by atomic mass is 16.5. The number of oxazole rings is 1. The average molecular weight is 444 g/mol. The monoisotopic (exact) mass is 444 g/mol. The van der Waals surface area contributed by atoms with Gasteiger partial charge in [-0.2, -0.15) is 0 Å². The Morgan fingerprint density at radius 3 is 2.39 bits per heavy atom. The van der Waals surface area contributed by atoms with E-state index in [9.17, 15) is 14.4 Å². The maximum Gasteiger partial charge on any atom is 0.339 e. The number of fused-ring (bicyclic) bond motifs is 1. The van der Waals surface area contributed by atoms with Gasteiger partial charge in [-0.15, -0.1) is 0 Å². The van der Waals surface area contributed by atoms with Crippen LogP contribution in [-0.4, -0.2) is 34.0 Å². The summed E-state index contributed by atoms with van der Waals surface area (Å²) < 4.78 is 11.3. The number of anilines is 1. The second kappa shape index (κ2) is 9.35. The molecular weight excluding hydrogens is 424 g/mol. The lowest BCUT2D eigenvalue weighted by Crippen LogP contribution is -2.32. The van der Waals surface area contributed by atoms with Gasteiger partial charge in [-0.25, -0.2) is 14.6 Å². The van der Waals surface area contributed by atoms with E-state index in [1.165, 1.54) is 24.3 Å². The van der Waals surface area contributed by atoms with Crippen molar-refractivity contribution in [3.63, 3.8) is 0 Å². The van der Waals surface area contributed by atoms with Gasteiger partial charge in [-0.3, -0.25) is 4.79 Å². The summed E-state index contributed by atoms with van der Waals surface area (Å²) >= 11 is 0. The van der Waals surface area contributed by atoms with Crippen molar-refractivity contribution in [1.29, 1.82) is 0 Å². The minimum absolute atomic E-state index is 0.0993. The standard InChI is InChI=1S/C25H20N2O6/c1-2-20(22(28)26-16-13-11-15(12-14-16)24(29)30)33-25(31)18-8-4-3-7-17(18)23-27-19-9-5-6-10-21(19)32-23/h3-14,20H,2H2,1H3,(H,26,28)(H,29,30). The van der Waals surface area contributed by atoms with E-state index in [2.05, 4.69) is 10.3 Å². The third-order valence-corrected chi connectivity index (χ3v) is 4.98. The molecule has 1 unspecified atom stereocenters. The van der Waals surface area contributed by atoms with Crippen molar-refractivity contribution in [2.24, 2.45) is 0 Å². The highest BCUT2D eigenvalue weighted by Crippen LogP contribution is 2.28. The molecule has 0 bridgehead atoms. The molecule has 0 saturated heterocycles. The van der Waals surface area contributed by atoms with Crippen LogP contribution in [0.25, 0.3) is 22.6 Å². The van der Waals surface area contributed by atoms with E-state index in [1.807, 2.05) is 18.2 Å². The van der Waals surface area contributed by atoms with Gasteiger partial charge >= 0.3 is 11.9 Å². The zero-order valence-electron chi connectivity index (χ0n) is 17.6. The van der Waals surface area contributed by atoms with Crippen molar-refractivity contribution in [1.82, 2.24) is 4.98 Å². The summed E-state index contributed by atoms with van der Waals surface area (Å²) in [6, 6.07) is 19.7. The topological polar surface area (TPSA) is 119 Å². The van der Waals surface area contributed by atoms with Gasteiger partial charge in [0.1, 0.15) is 5.52 Å². The highest BCUT2D eigenvalue weighted by Gasteiger charge is 2.25. The van der Waals surface area contributed by atoms with Crippen LogP contribution in [0, 0.1) is 0 Å². The fourth-order valence-corrected chi connectivity index (χ4v) is 3.27.